The topological polar surface area (TPSA) is 18.5 Å². The second-order valence-electron chi connectivity index (χ2n) is 4.65. The summed E-state index contributed by atoms with van der Waals surface area (Å²) in [5.74, 6) is 0. The van der Waals surface area contributed by atoms with Crippen molar-refractivity contribution in [1.82, 2.24) is 15.6 Å². The number of nitrogens with zero attached hydrogens (tertiary/aromatic N) is 2. The zero-order chi connectivity index (χ0) is 13.1. The molecule has 0 radical (unpaired) electrons. The van der Waals surface area contributed by atoms with Gasteiger partial charge in [-0.1, -0.05) is 60.7 Å². The molecule has 3 heteroatoms. The van der Waals surface area contributed by atoms with Gasteiger partial charge in [-0.3, -0.25) is 10.0 Å². The maximum absolute atomic E-state index is 3.32. The molecular formula is C16H17N3. The van der Waals surface area contributed by atoms with Crippen LogP contribution in [-0.4, -0.2) is 17.1 Å². The van der Waals surface area contributed by atoms with Crippen molar-refractivity contribution in [3.05, 3.63) is 78.0 Å². The van der Waals surface area contributed by atoms with Gasteiger partial charge in [-0.15, -0.1) is 5.53 Å². The van der Waals surface area contributed by atoms with Crippen LogP contribution in [0.4, 0.5) is 0 Å². The molecule has 1 N–H and O–H groups in total. The summed E-state index contributed by atoms with van der Waals surface area (Å²) in [6, 6.07) is 20.8. The van der Waals surface area contributed by atoms with Crippen LogP contribution in [0.15, 0.2) is 66.9 Å². The monoisotopic (exact) mass is 251 g/mol. The lowest BCUT2D eigenvalue weighted by Gasteiger charge is -2.20. The van der Waals surface area contributed by atoms with Crippen molar-refractivity contribution in [2.24, 2.45) is 0 Å². The van der Waals surface area contributed by atoms with Gasteiger partial charge in [0.15, 0.2) is 0 Å². The van der Waals surface area contributed by atoms with E-state index in [0.29, 0.717) is 0 Å². The van der Waals surface area contributed by atoms with E-state index in [1.165, 1.54) is 16.8 Å². The molecule has 0 unspecified atom stereocenters. The molecular weight excluding hydrogens is 234 g/mol. The summed E-state index contributed by atoms with van der Waals surface area (Å²) in [5.41, 5.74) is 7.00. The Labute approximate surface area is 113 Å². The third-order valence-electron chi connectivity index (χ3n) is 3.18. The highest BCUT2D eigenvalue weighted by molar-refractivity contribution is 5.64. The van der Waals surface area contributed by atoms with Crippen molar-refractivity contribution in [2.45, 2.75) is 6.54 Å². The van der Waals surface area contributed by atoms with E-state index in [-0.39, 0.29) is 0 Å². The first-order chi connectivity index (χ1) is 9.33. The summed E-state index contributed by atoms with van der Waals surface area (Å²) in [6.07, 6.45) is 2.14. The Morgan fingerprint density at radius 3 is 2.21 bits per heavy atom. The van der Waals surface area contributed by atoms with Crippen LogP contribution >= 0.6 is 0 Å². The Bertz CT molecular complexity index is 563. The molecule has 0 fully saturated rings. The first-order valence-electron chi connectivity index (χ1n) is 6.41. The minimum absolute atomic E-state index is 0.849. The van der Waals surface area contributed by atoms with Gasteiger partial charge in [0.25, 0.3) is 0 Å². The molecule has 3 rings (SSSR count). The van der Waals surface area contributed by atoms with Crippen LogP contribution in [0.2, 0.25) is 0 Å². The quantitative estimate of drug-likeness (QED) is 0.905. The molecule has 0 aromatic heterocycles. The second-order valence-corrected chi connectivity index (χ2v) is 4.65. The summed E-state index contributed by atoms with van der Waals surface area (Å²) < 4.78 is 0. The number of nitrogens with one attached hydrogen (secondary N) is 1. The average molecular weight is 251 g/mol. The molecule has 96 valence electrons. The Hall–Kier alpha value is -2.26. The van der Waals surface area contributed by atoms with Crippen LogP contribution in [0.25, 0.3) is 5.70 Å². The van der Waals surface area contributed by atoms with Crippen molar-refractivity contribution >= 4 is 5.70 Å². The fourth-order valence-electron chi connectivity index (χ4n) is 2.25. The summed E-state index contributed by atoms with van der Waals surface area (Å²) in [4.78, 5) is 0. The molecule has 0 amide bonds. The largest absolute Gasteiger partial charge is 0.292 e. The molecule has 0 aliphatic carbocycles. The van der Waals surface area contributed by atoms with Crippen LogP contribution in [-0.2, 0) is 6.54 Å². The molecule has 0 bridgehead atoms. The lowest BCUT2D eigenvalue weighted by Crippen LogP contribution is -2.37. The van der Waals surface area contributed by atoms with Gasteiger partial charge in [0.05, 0.1) is 12.2 Å². The maximum Gasteiger partial charge on any atom is 0.0780 e. The summed E-state index contributed by atoms with van der Waals surface area (Å²) >= 11 is 0. The number of rotatable bonds is 3. The zero-order valence-electron chi connectivity index (χ0n) is 11.0. The summed E-state index contributed by atoms with van der Waals surface area (Å²) in [6.45, 7) is 0.849. The Morgan fingerprint density at radius 2 is 1.53 bits per heavy atom. The van der Waals surface area contributed by atoms with Gasteiger partial charge >= 0.3 is 0 Å². The molecule has 3 nitrogen and oxygen atoms in total. The minimum atomic E-state index is 0.849. The first-order valence-corrected chi connectivity index (χ1v) is 6.41. The van der Waals surface area contributed by atoms with Crippen LogP contribution in [0.5, 0.6) is 0 Å². The fourth-order valence-corrected chi connectivity index (χ4v) is 2.25. The van der Waals surface area contributed by atoms with Crippen molar-refractivity contribution < 1.29 is 0 Å². The molecule has 2 aromatic rings. The third kappa shape index (κ3) is 2.61. The molecule has 0 saturated heterocycles. The van der Waals surface area contributed by atoms with E-state index in [1.807, 2.05) is 24.2 Å². The fraction of sp³-hybridized carbons (Fsp3) is 0.125. The van der Waals surface area contributed by atoms with Crippen molar-refractivity contribution in [3.8, 4) is 0 Å². The zero-order valence-corrected chi connectivity index (χ0v) is 11.0. The van der Waals surface area contributed by atoms with Crippen molar-refractivity contribution in [2.75, 3.05) is 7.05 Å². The first kappa shape index (κ1) is 11.8. The SMILES string of the molecule is CN1NN(Cc2ccccc2)C=C1c1ccccc1. The van der Waals surface area contributed by atoms with E-state index in [9.17, 15) is 0 Å². The van der Waals surface area contributed by atoms with E-state index < -0.39 is 0 Å². The highest BCUT2D eigenvalue weighted by Crippen LogP contribution is 2.22. The maximum atomic E-state index is 3.32. The Balaban J connectivity index is 1.78. The summed E-state index contributed by atoms with van der Waals surface area (Å²) in [7, 11) is 2.03. The van der Waals surface area contributed by atoms with E-state index >= 15 is 0 Å². The predicted molar refractivity (Wildman–Crippen MR) is 77.3 cm³/mol. The Kier molecular flexibility index (Phi) is 3.21. The van der Waals surface area contributed by atoms with E-state index in [4.69, 9.17) is 0 Å². The van der Waals surface area contributed by atoms with Crippen LogP contribution < -0.4 is 5.53 Å². The predicted octanol–water partition coefficient (Wildman–Crippen LogP) is 2.85. The van der Waals surface area contributed by atoms with E-state index in [0.717, 1.165) is 6.54 Å². The van der Waals surface area contributed by atoms with E-state index in [2.05, 4.69) is 65.3 Å². The molecule has 0 atom stereocenters. The third-order valence-corrected chi connectivity index (χ3v) is 3.18. The van der Waals surface area contributed by atoms with Gasteiger partial charge in [-0.05, 0) is 5.56 Å². The highest BCUT2D eigenvalue weighted by Gasteiger charge is 2.18. The molecule has 0 saturated carbocycles. The van der Waals surface area contributed by atoms with Gasteiger partial charge in [-0.25, -0.2) is 0 Å². The van der Waals surface area contributed by atoms with Gasteiger partial charge in [-0.2, -0.15) is 0 Å². The standard InChI is InChI=1S/C16H17N3/c1-18-16(15-10-6-3-7-11-15)13-19(17-18)12-14-8-4-2-5-9-14/h2-11,13,17H,12H2,1H3. The van der Waals surface area contributed by atoms with Crippen molar-refractivity contribution in [1.29, 1.82) is 0 Å². The molecule has 19 heavy (non-hydrogen) atoms. The molecule has 1 heterocycles. The molecule has 2 aromatic carbocycles. The molecule has 0 spiro atoms. The van der Waals surface area contributed by atoms with E-state index in [1.54, 1.807) is 0 Å². The second kappa shape index (κ2) is 5.16. The smallest absolute Gasteiger partial charge is 0.0780 e. The molecule has 1 aliphatic heterocycles. The molecule has 1 aliphatic rings. The number of hydrogen-bond acceptors (Lipinski definition) is 3. The van der Waals surface area contributed by atoms with Gasteiger partial charge < -0.3 is 0 Å². The van der Waals surface area contributed by atoms with Crippen molar-refractivity contribution in [3.63, 3.8) is 0 Å². The highest BCUT2D eigenvalue weighted by atomic mass is 15.8. The van der Waals surface area contributed by atoms with Gasteiger partial charge in [0.1, 0.15) is 0 Å². The summed E-state index contributed by atoms with van der Waals surface area (Å²) in [5, 5.41) is 4.13. The van der Waals surface area contributed by atoms with Crippen LogP contribution in [0.3, 0.4) is 0 Å². The van der Waals surface area contributed by atoms with Crippen LogP contribution in [0.1, 0.15) is 11.1 Å². The van der Waals surface area contributed by atoms with Crippen LogP contribution in [0, 0.1) is 0 Å². The number of benzene rings is 2. The lowest BCUT2D eigenvalue weighted by atomic mass is 10.1. The minimum Gasteiger partial charge on any atom is -0.292 e. The number of hydrogen-bond donors (Lipinski definition) is 1. The lowest BCUT2D eigenvalue weighted by molar-refractivity contribution is 0.161. The normalized spacial score (nSPS) is 14.7. The number of hydrazine groups is 2. The van der Waals surface area contributed by atoms with Gasteiger partial charge in [0, 0.05) is 18.8 Å². The van der Waals surface area contributed by atoms with Gasteiger partial charge in [0.2, 0.25) is 0 Å². The average Bonchev–Trinajstić information content (AvgIpc) is 2.82. The Morgan fingerprint density at radius 1 is 0.895 bits per heavy atom.